The van der Waals surface area contributed by atoms with Gasteiger partial charge in [-0.2, -0.15) is 0 Å². The summed E-state index contributed by atoms with van der Waals surface area (Å²) in [6.07, 6.45) is 3.33. The summed E-state index contributed by atoms with van der Waals surface area (Å²) in [7, 11) is 0. The van der Waals surface area contributed by atoms with Gasteiger partial charge < -0.3 is 5.32 Å². The van der Waals surface area contributed by atoms with Crippen molar-refractivity contribution in [2.75, 3.05) is 5.32 Å². The fourth-order valence-electron chi connectivity index (χ4n) is 1.85. The number of anilines is 2. The normalized spacial score (nSPS) is 10.5. The maximum Gasteiger partial charge on any atom is 0.163 e. The van der Waals surface area contributed by atoms with Gasteiger partial charge >= 0.3 is 0 Å². The van der Waals surface area contributed by atoms with Crippen LogP contribution in [0.5, 0.6) is 0 Å². The monoisotopic (exact) mass is 350 g/mol. The third kappa shape index (κ3) is 3.30. The number of halogens is 3. The molecule has 3 rings (SSSR count). The number of benzene rings is 1. The van der Waals surface area contributed by atoms with Crippen LogP contribution in [0.3, 0.4) is 0 Å². The Bertz CT molecular complexity index is 809. The first kappa shape index (κ1) is 15.0. The van der Waals surface area contributed by atoms with E-state index in [9.17, 15) is 0 Å². The van der Waals surface area contributed by atoms with Gasteiger partial charge in [-0.25, -0.2) is 9.97 Å². The molecular weight excluding hydrogens is 343 g/mol. The van der Waals surface area contributed by atoms with Crippen molar-refractivity contribution in [3.63, 3.8) is 0 Å². The summed E-state index contributed by atoms with van der Waals surface area (Å²) in [5.41, 5.74) is 1.46. The summed E-state index contributed by atoms with van der Waals surface area (Å²) >= 11 is 18.2. The van der Waals surface area contributed by atoms with Crippen molar-refractivity contribution >= 4 is 46.3 Å². The molecule has 1 N–H and O–H groups in total. The lowest BCUT2D eigenvalue weighted by Gasteiger charge is -2.10. The van der Waals surface area contributed by atoms with E-state index in [2.05, 4.69) is 20.3 Å². The first-order valence-electron chi connectivity index (χ1n) is 6.29. The topological polar surface area (TPSA) is 50.7 Å². The Morgan fingerprint density at radius 2 is 1.68 bits per heavy atom. The zero-order chi connectivity index (χ0) is 15.5. The first-order chi connectivity index (χ1) is 10.6. The SMILES string of the molecule is Clc1cc(Nc2cccc(Cl)c2Cl)nc(-c2ccncc2)n1. The van der Waals surface area contributed by atoms with E-state index in [4.69, 9.17) is 34.8 Å². The standard InChI is InChI=1S/C15H9Cl3N4/c16-10-2-1-3-11(14(10)18)20-13-8-12(17)21-15(22-13)9-4-6-19-7-5-9/h1-8H,(H,20,21,22). The maximum absolute atomic E-state index is 6.16. The molecule has 0 fully saturated rings. The van der Waals surface area contributed by atoms with E-state index >= 15 is 0 Å². The molecule has 0 bridgehead atoms. The van der Waals surface area contributed by atoms with Crippen LogP contribution in [0.2, 0.25) is 15.2 Å². The van der Waals surface area contributed by atoms with Crippen molar-refractivity contribution in [1.29, 1.82) is 0 Å². The second-order valence-corrected chi connectivity index (χ2v) is 5.53. The van der Waals surface area contributed by atoms with Crippen LogP contribution < -0.4 is 5.32 Å². The summed E-state index contributed by atoms with van der Waals surface area (Å²) in [5.74, 6) is 1.02. The van der Waals surface area contributed by atoms with Crippen molar-refractivity contribution in [3.05, 3.63) is 64.0 Å². The van der Waals surface area contributed by atoms with Crippen molar-refractivity contribution < 1.29 is 0 Å². The Balaban J connectivity index is 1.98. The highest BCUT2D eigenvalue weighted by Crippen LogP contribution is 2.32. The third-order valence-electron chi connectivity index (χ3n) is 2.85. The van der Waals surface area contributed by atoms with Crippen LogP contribution >= 0.6 is 34.8 Å². The lowest BCUT2D eigenvalue weighted by Crippen LogP contribution is -1.98. The van der Waals surface area contributed by atoms with Gasteiger partial charge in [0, 0.05) is 24.0 Å². The molecule has 4 nitrogen and oxygen atoms in total. The average Bonchev–Trinajstić information content (AvgIpc) is 2.52. The number of nitrogens with one attached hydrogen (secondary N) is 1. The van der Waals surface area contributed by atoms with Crippen LogP contribution in [0.25, 0.3) is 11.4 Å². The highest BCUT2D eigenvalue weighted by molar-refractivity contribution is 6.43. The summed E-state index contributed by atoms with van der Waals surface area (Å²) in [6, 6.07) is 10.5. The predicted molar refractivity (Wildman–Crippen MR) is 90.0 cm³/mol. The Morgan fingerprint density at radius 1 is 0.909 bits per heavy atom. The van der Waals surface area contributed by atoms with Gasteiger partial charge in [0.2, 0.25) is 0 Å². The smallest absolute Gasteiger partial charge is 0.163 e. The zero-order valence-electron chi connectivity index (χ0n) is 11.1. The minimum atomic E-state index is 0.322. The third-order valence-corrected chi connectivity index (χ3v) is 3.86. The molecule has 2 heterocycles. The van der Waals surface area contributed by atoms with Gasteiger partial charge in [-0.3, -0.25) is 4.98 Å². The number of nitrogens with zero attached hydrogens (tertiary/aromatic N) is 3. The van der Waals surface area contributed by atoms with Crippen LogP contribution in [0.1, 0.15) is 0 Å². The lowest BCUT2D eigenvalue weighted by molar-refractivity contribution is 1.17. The molecule has 1 aromatic carbocycles. The van der Waals surface area contributed by atoms with E-state index in [-0.39, 0.29) is 0 Å². The van der Waals surface area contributed by atoms with Gasteiger partial charge in [0.25, 0.3) is 0 Å². The quantitative estimate of drug-likeness (QED) is 0.655. The van der Waals surface area contributed by atoms with E-state index in [1.54, 1.807) is 36.7 Å². The molecule has 0 atom stereocenters. The summed E-state index contributed by atoms with van der Waals surface area (Å²) in [5, 5.41) is 4.30. The van der Waals surface area contributed by atoms with Gasteiger partial charge in [0.05, 0.1) is 15.7 Å². The number of pyridine rings is 1. The van der Waals surface area contributed by atoms with Crippen molar-refractivity contribution in [2.45, 2.75) is 0 Å². The second kappa shape index (κ2) is 6.48. The van der Waals surface area contributed by atoms with Gasteiger partial charge in [0.1, 0.15) is 11.0 Å². The Hall–Kier alpha value is -1.88. The summed E-state index contributed by atoms with van der Waals surface area (Å²) in [4.78, 5) is 12.6. The lowest BCUT2D eigenvalue weighted by atomic mass is 10.2. The first-order valence-corrected chi connectivity index (χ1v) is 7.43. The van der Waals surface area contributed by atoms with Crippen molar-refractivity contribution in [2.24, 2.45) is 0 Å². The van der Waals surface area contributed by atoms with E-state index in [0.717, 1.165) is 5.56 Å². The van der Waals surface area contributed by atoms with E-state index in [1.165, 1.54) is 0 Å². The largest absolute Gasteiger partial charge is 0.339 e. The molecule has 0 saturated carbocycles. The molecule has 7 heteroatoms. The number of rotatable bonds is 3. The molecule has 110 valence electrons. The zero-order valence-corrected chi connectivity index (χ0v) is 13.4. The van der Waals surface area contributed by atoms with Gasteiger partial charge in [-0.05, 0) is 24.3 Å². The molecule has 0 amide bonds. The predicted octanol–water partition coefficient (Wildman–Crippen LogP) is 5.24. The number of aromatic nitrogens is 3. The Morgan fingerprint density at radius 3 is 2.45 bits per heavy atom. The maximum atomic E-state index is 6.16. The van der Waals surface area contributed by atoms with Crippen LogP contribution in [0, 0.1) is 0 Å². The summed E-state index contributed by atoms with van der Waals surface area (Å²) in [6.45, 7) is 0. The molecule has 0 saturated heterocycles. The Kier molecular flexibility index (Phi) is 4.43. The van der Waals surface area contributed by atoms with Crippen LogP contribution in [0.15, 0.2) is 48.8 Å². The van der Waals surface area contributed by atoms with Gasteiger partial charge in [-0.1, -0.05) is 40.9 Å². The molecule has 0 unspecified atom stereocenters. The fourth-order valence-corrected chi connectivity index (χ4v) is 2.38. The number of hydrogen-bond donors (Lipinski definition) is 1. The van der Waals surface area contributed by atoms with Crippen LogP contribution in [0.4, 0.5) is 11.5 Å². The van der Waals surface area contributed by atoms with E-state index < -0.39 is 0 Å². The summed E-state index contributed by atoms with van der Waals surface area (Å²) < 4.78 is 0. The van der Waals surface area contributed by atoms with Crippen molar-refractivity contribution in [1.82, 2.24) is 15.0 Å². The van der Waals surface area contributed by atoms with E-state index in [0.29, 0.717) is 32.5 Å². The highest BCUT2D eigenvalue weighted by Gasteiger charge is 2.09. The molecule has 22 heavy (non-hydrogen) atoms. The minimum absolute atomic E-state index is 0.322. The minimum Gasteiger partial charge on any atom is -0.339 e. The molecule has 0 aliphatic heterocycles. The second-order valence-electron chi connectivity index (χ2n) is 4.36. The van der Waals surface area contributed by atoms with Gasteiger partial charge in [-0.15, -0.1) is 0 Å². The molecule has 0 spiro atoms. The molecule has 0 radical (unpaired) electrons. The average molecular weight is 352 g/mol. The molecule has 0 aliphatic rings. The van der Waals surface area contributed by atoms with E-state index in [1.807, 2.05) is 12.1 Å². The highest BCUT2D eigenvalue weighted by atomic mass is 35.5. The fraction of sp³-hybridized carbons (Fsp3) is 0. The number of hydrogen-bond acceptors (Lipinski definition) is 4. The molecular formula is C15H9Cl3N4. The Labute approximate surface area is 142 Å². The van der Waals surface area contributed by atoms with Crippen molar-refractivity contribution in [3.8, 4) is 11.4 Å². The van der Waals surface area contributed by atoms with Gasteiger partial charge in [0.15, 0.2) is 5.82 Å². The van der Waals surface area contributed by atoms with Crippen LogP contribution in [-0.2, 0) is 0 Å². The molecule has 0 aliphatic carbocycles. The molecule has 2 aromatic heterocycles. The molecule has 3 aromatic rings. The van der Waals surface area contributed by atoms with Crippen LogP contribution in [-0.4, -0.2) is 15.0 Å².